The van der Waals surface area contributed by atoms with Gasteiger partial charge in [-0.25, -0.2) is 9.48 Å². The topological polar surface area (TPSA) is 50.2 Å². The molecular weight excluding hydrogens is 308 g/mol. The van der Waals surface area contributed by atoms with E-state index in [0.29, 0.717) is 13.1 Å². The summed E-state index contributed by atoms with van der Waals surface area (Å²) < 4.78 is 1.80. The maximum Gasteiger partial charge on any atom is 0.317 e. The zero-order valence-electron chi connectivity index (χ0n) is 12.8. The molecule has 118 valence electrons. The molecule has 23 heavy (non-hydrogen) atoms. The largest absolute Gasteiger partial charge is 0.334 e. The summed E-state index contributed by atoms with van der Waals surface area (Å²) in [6.07, 6.45) is 3.70. The number of hydrogen-bond donors (Lipinski definition) is 1. The molecule has 2 amide bonds. The standard InChI is InChI=1S/C17H18N4OS/c1-20(13-16-8-5-9-23-16)17(22)18-10-14-11-19-21(12-14)15-6-3-2-4-7-15/h2-9,11-12H,10,13H2,1H3,(H,18,22). The van der Waals surface area contributed by atoms with Crippen LogP contribution in [0.5, 0.6) is 0 Å². The lowest BCUT2D eigenvalue weighted by molar-refractivity contribution is 0.207. The third-order valence-corrected chi connectivity index (χ3v) is 4.28. The number of carbonyl (C=O) groups excluding carboxylic acids is 1. The van der Waals surface area contributed by atoms with E-state index in [1.165, 1.54) is 4.88 Å². The van der Waals surface area contributed by atoms with E-state index in [4.69, 9.17) is 0 Å². The molecule has 0 saturated heterocycles. The Balaban J connectivity index is 1.54. The number of rotatable bonds is 5. The Morgan fingerprint density at radius 3 is 2.83 bits per heavy atom. The summed E-state index contributed by atoms with van der Waals surface area (Å²) >= 11 is 1.65. The van der Waals surface area contributed by atoms with Crippen LogP contribution in [-0.4, -0.2) is 27.8 Å². The van der Waals surface area contributed by atoms with E-state index in [1.54, 1.807) is 34.2 Å². The van der Waals surface area contributed by atoms with Crippen molar-refractivity contribution in [2.45, 2.75) is 13.1 Å². The smallest absolute Gasteiger partial charge is 0.317 e. The Labute approximate surface area is 139 Å². The predicted octanol–water partition coefficient (Wildman–Crippen LogP) is 3.28. The SMILES string of the molecule is CN(Cc1cccs1)C(=O)NCc1cnn(-c2ccccc2)c1. The van der Waals surface area contributed by atoms with Crippen molar-refractivity contribution in [2.75, 3.05) is 7.05 Å². The zero-order chi connectivity index (χ0) is 16.1. The molecule has 0 aliphatic carbocycles. The van der Waals surface area contributed by atoms with Crippen molar-refractivity contribution < 1.29 is 4.79 Å². The van der Waals surface area contributed by atoms with Crippen molar-refractivity contribution in [3.05, 3.63) is 70.7 Å². The highest BCUT2D eigenvalue weighted by atomic mass is 32.1. The quantitative estimate of drug-likeness (QED) is 0.782. The van der Waals surface area contributed by atoms with Crippen LogP contribution in [0.25, 0.3) is 5.69 Å². The monoisotopic (exact) mass is 326 g/mol. The third kappa shape index (κ3) is 3.98. The van der Waals surface area contributed by atoms with Gasteiger partial charge in [0.15, 0.2) is 0 Å². The molecule has 0 unspecified atom stereocenters. The highest BCUT2D eigenvalue weighted by molar-refractivity contribution is 7.09. The van der Waals surface area contributed by atoms with Gasteiger partial charge in [-0.1, -0.05) is 24.3 Å². The minimum absolute atomic E-state index is 0.0918. The van der Waals surface area contributed by atoms with Gasteiger partial charge in [0.1, 0.15) is 0 Å². The lowest BCUT2D eigenvalue weighted by atomic mass is 10.3. The summed E-state index contributed by atoms with van der Waals surface area (Å²) in [5.41, 5.74) is 1.96. The van der Waals surface area contributed by atoms with Crippen molar-refractivity contribution in [2.24, 2.45) is 0 Å². The van der Waals surface area contributed by atoms with Gasteiger partial charge in [0, 0.05) is 30.2 Å². The number of benzene rings is 1. The minimum atomic E-state index is -0.0918. The second-order valence-corrected chi connectivity index (χ2v) is 6.26. The summed E-state index contributed by atoms with van der Waals surface area (Å²) in [6, 6.07) is 13.8. The normalized spacial score (nSPS) is 10.5. The van der Waals surface area contributed by atoms with Gasteiger partial charge in [-0.3, -0.25) is 0 Å². The van der Waals surface area contributed by atoms with Crippen LogP contribution in [0.1, 0.15) is 10.4 Å². The first-order valence-corrected chi connectivity index (χ1v) is 8.20. The molecule has 0 saturated carbocycles. The van der Waals surface area contributed by atoms with Gasteiger partial charge in [-0.05, 0) is 23.6 Å². The molecule has 3 rings (SSSR count). The highest BCUT2D eigenvalue weighted by Gasteiger charge is 2.10. The number of carbonyl (C=O) groups is 1. The van der Waals surface area contributed by atoms with Crippen molar-refractivity contribution in [1.29, 1.82) is 0 Å². The molecule has 0 radical (unpaired) electrons. The molecule has 2 aromatic heterocycles. The second-order valence-electron chi connectivity index (χ2n) is 5.22. The number of urea groups is 1. The minimum Gasteiger partial charge on any atom is -0.334 e. The van der Waals surface area contributed by atoms with E-state index in [0.717, 1.165) is 11.3 Å². The molecule has 2 heterocycles. The number of thiophene rings is 1. The summed E-state index contributed by atoms with van der Waals surface area (Å²) in [5.74, 6) is 0. The maximum atomic E-state index is 12.1. The molecular formula is C17H18N4OS. The van der Waals surface area contributed by atoms with E-state index in [-0.39, 0.29) is 6.03 Å². The Morgan fingerprint density at radius 2 is 2.09 bits per heavy atom. The lowest BCUT2D eigenvalue weighted by Gasteiger charge is -2.16. The van der Waals surface area contributed by atoms with Gasteiger partial charge >= 0.3 is 6.03 Å². The van der Waals surface area contributed by atoms with E-state index in [2.05, 4.69) is 10.4 Å². The van der Waals surface area contributed by atoms with Crippen LogP contribution in [-0.2, 0) is 13.1 Å². The molecule has 0 atom stereocenters. The molecule has 5 nitrogen and oxygen atoms in total. The number of nitrogens with zero attached hydrogens (tertiary/aromatic N) is 3. The molecule has 0 fully saturated rings. The third-order valence-electron chi connectivity index (χ3n) is 3.42. The Hall–Kier alpha value is -2.60. The van der Waals surface area contributed by atoms with Crippen molar-refractivity contribution in [3.8, 4) is 5.69 Å². The fraction of sp³-hybridized carbons (Fsp3) is 0.176. The number of nitrogens with one attached hydrogen (secondary N) is 1. The van der Waals surface area contributed by atoms with E-state index in [9.17, 15) is 4.79 Å². The highest BCUT2D eigenvalue weighted by Crippen LogP contribution is 2.11. The lowest BCUT2D eigenvalue weighted by Crippen LogP contribution is -2.36. The summed E-state index contributed by atoms with van der Waals surface area (Å²) in [6.45, 7) is 1.08. The average Bonchev–Trinajstić information content (AvgIpc) is 3.25. The van der Waals surface area contributed by atoms with Crippen LogP contribution in [0, 0.1) is 0 Å². The molecule has 0 bridgehead atoms. The molecule has 6 heteroatoms. The van der Waals surface area contributed by atoms with Crippen LogP contribution in [0.3, 0.4) is 0 Å². The van der Waals surface area contributed by atoms with Crippen LogP contribution < -0.4 is 5.32 Å². The van der Waals surface area contributed by atoms with Crippen LogP contribution in [0.2, 0.25) is 0 Å². The van der Waals surface area contributed by atoms with Crippen LogP contribution in [0.4, 0.5) is 4.79 Å². The van der Waals surface area contributed by atoms with E-state index in [1.807, 2.05) is 54.0 Å². The molecule has 0 aliphatic heterocycles. The van der Waals surface area contributed by atoms with Gasteiger partial charge in [-0.2, -0.15) is 5.10 Å². The van der Waals surface area contributed by atoms with Gasteiger partial charge in [-0.15, -0.1) is 11.3 Å². The van der Waals surface area contributed by atoms with Crippen LogP contribution in [0.15, 0.2) is 60.2 Å². The van der Waals surface area contributed by atoms with E-state index >= 15 is 0 Å². The second kappa shape index (κ2) is 7.11. The number of hydrogen-bond acceptors (Lipinski definition) is 3. The van der Waals surface area contributed by atoms with Gasteiger partial charge in [0.05, 0.1) is 18.4 Å². The van der Waals surface area contributed by atoms with Crippen molar-refractivity contribution >= 4 is 17.4 Å². The fourth-order valence-electron chi connectivity index (χ4n) is 2.19. The molecule has 0 spiro atoms. The number of amides is 2. The first-order valence-electron chi connectivity index (χ1n) is 7.33. The molecule has 1 aromatic carbocycles. The molecule has 0 aliphatic rings. The Morgan fingerprint density at radius 1 is 1.26 bits per heavy atom. The predicted molar refractivity (Wildman–Crippen MR) is 91.6 cm³/mol. The fourth-order valence-corrected chi connectivity index (χ4v) is 2.95. The van der Waals surface area contributed by atoms with Gasteiger partial charge in [0.25, 0.3) is 0 Å². The average molecular weight is 326 g/mol. The molecule has 3 aromatic rings. The van der Waals surface area contributed by atoms with Gasteiger partial charge in [0.2, 0.25) is 0 Å². The zero-order valence-corrected chi connectivity index (χ0v) is 13.7. The van der Waals surface area contributed by atoms with Crippen molar-refractivity contribution in [3.63, 3.8) is 0 Å². The molecule has 1 N–H and O–H groups in total. The number of para-hydroxylation sites is 1. The summed E-state index contributed by atoms with van der Waals surface area (Å²) in [7, 11) is 1.79. The Bertz CT molecular complexity index is 752. The maximum absolute atomic E-state index is 12.1. The first-order chi connectivity index (χ1) is 11.2. The van der Waals surface area contributed by atoms with Crippen molar-refractivity contribution in [1.82, 2.24) is 20.0 Å². The van der Waals surface area contributed by atoms with E-state index < -0.39 is 0 Å². The number of aromatic nitrogens is 2. The summed E-state index contributed by atoms with van der Waals surface area (Å²) in [4.78, 5) is 15.0. The summed E-state index contributed by atoms with van der Waals surface area (Å²) in [5, 5.41) is 9.25. The first kappa shape index (κ1) is 15.3. The van der Waals surface area contributed by atoms with Crippen LogP contribution >= 0.6 is 11.3 Å². The van der Waals surface area contributed by atoms with Gasteiger partial charge < -0.3 is 10.2 Å². The Kier molecular flexibility index (Phi) is 4.73.